The van der Waals surface area contributed by atoms with Gasteiger partial charge in [-0.15, -0.1) is 11.3 Å². The number of anilines is 2. The summed E-state index contributed by atoms with van der Waals surface area (Å²) in [7, 11) is -3.46. The molecule has 118 valence electrons. The Balaban J connectivity index is 2.57. The van der Waals surface area contributed by atoms with Crippen LogP contribution in [0.2, 0.25) is 0 Å². The second-order valence-electron chi connectivity index (χ2n) is 4.94. The molecule has 1 aliphatic rings. The molecule has 6 nitrogen and oxygen atoms in total. The first kappa shape index (κ1) is 16.1. The van der Waals surface area contributed by atoms with E-state index in [1.54, 1.807) is 6.92 Å². The summed E-state index contributed by atoms with van der Waals surface area (Å²) >= 11 is 1.18. The van der Waals surface area contributed by atoms with Crippen molar-refractivity contribution in [3.8, 4) is 0 Å². The number of sulfone groups is 1. The highest BCUT2D eigenvalue weighted by Gasteiger charge is 2.31. The van der Waals surface area contributed by atoms with Crippen molar-refractivity contribution in [3.05, 3.63) is 4.88 Å². The van der Waals surface area contributed by atoms with Crippen LogP contribution in [-0.4, -0.2) is 39.7 Å². The van der Waals surface area contributed by atoms with Crippen LogP contribution in [0.4, 0.5) is 10.7 Å². The summed E-state index contributed by atoms with van der Waals surface area (Å²) in [5.74, 6) is -0.332. The first-order valence-corrected chi connectivity index (χ1v) is 9.57. The number of hydrogen-bond donors (Lipinski definition) is 2. The molecule has 0 aliphatic carbocycles. The van der Waals surface area contributed by atoms with Gasteiger partial charge in [0, 0.05) is 19.6 Å². The highest BCUT2D eigenvalue weighted by atomic mass is 32.2. The van der Waals surface area contributed by atoms with Crippen molar-refractivity contribution in [3.63, 3.8) is 0 Å². The number of rotatable bonds is 5. The second-order valence-corrected chi connectivity index (χ2v) is 8.15. The number of nitrogens with two attached hydrogens (primary N) is 1. The molecule has 0 radical (unpaired) electrons. The average molecular weight is 331 g/mol. The first-order chi connectivity index (χ1) is 9.92. The van der Waals surface area contributed by atoms with Crippen LogP contribution in [0, 0.1) is 0 Å². The van der Waals surface area contributed by atoms with Crippen molar-refractivity contribution in [1.29, 1.82) is 0 Å². The smallest absolute Gasteiger partial charge is 0.263 e. The van der Waals surface area contributed by atoms with Gasteiger partial charge in [0.2, 0.25) is 0 Å². The quantitative estimate of drug-likeness (QED) is 0.852. The van der Waals surface area contributed by atoms with Crippen molar-refractivity contribution in [2.24, 2.45) is 0 Å². The number of nitrogens with zero attached hydrogens (tertiary/aromatic N) is 1. The summed E-state index contributed by atoms with van der Waals surface area (Å²) in [6, 6.07) is 0. The molecule has 1 aliphatic heterocycles. The van der Waals surface area contributed by atoms with Gasteiger partial charge < -0.3 is 16.0 Å². The predicted octanol–water partition coefficient (Wildman–Crippen LogP) is 1.47. The number of amides is 1. The van der Waals surface area contributed by atoms with Gasteiger partial charge in [-0.05, 0) is 19.8 Å². The van der Waals surface area contributed by atoms with E-state index in [-0.39, 0.29) is 22.2 Å². The molecule has 1 aromatic rings. The predicted molar refractivity (Wildman–Crippen MR) is 85.9 cm³/mol. The van der Waals surface area contributed by atoms with Gasteiger partial charge >= 0.3 is 0 Å². The Morgan fingerprint density at radius 3 is 2.48 bits per heavy atom. The summed E-state index contributed by atoms with van der Waals surface area (Å²) in [5, 5.41) is 3.30. The molecule has 2 heterocycles. The summed E-state index contributed by atoms with van der Waals surface area (Å²) in [6.45, 7) is 5.49. The number of thiophene rings is 1. The Hall–Kier alpha value is -1.28. The lowest BCUT2D eigenvalue weighted by Crippen LogP contribution is -2.22. The zero-order valence-corrected chi connectivity index (χ0v) is 13.9. The Morgan fingerprint density at radius 1 is 1.33 bits per heavy atom. The number of nitrogens with one attached hydrogen (secondary N) is 1. The molecule has 0 unspecified atom stereocenters. The lowest BCUT2D eigenvalue weighted by atomic mass is 10.3. The molecule has 0 atom stereocenters. The van der Waals surface area contributed by atoms with Gasteiger partial charge in [0.25, 0.3) is 5.91 Å². The van der Waals surface area contributed by atoms with E-state index in [4.69, 9.17) is 5.73 Å². The summed E-state index contributed by atoms with van der Waals surface area (Å²) in [4.78, 5) is 14.5. The second kappa shape index (κ2) is 6.23. The van der Waals surface area contributed by atoms with Gasteiger partial charge in [-0.25, -0.2) is 8.42 Å². The monoisotopic (exact) mass is 331 g/mol. The Labute approximate surface area is 129 Å². The van der Waals surface area contributed by atoms with E-state index in [0.717, 1.165) is 25.9 Å². The SMILES string of the molecule is CCNC(=O)c1sc(N2CCCC2)c(S(=O)(=O)CC)c1N. The van der Waals surface area contributed by atoms with Crippen molar-refractivity contribution in [2.45, 2.75) is 31.6 Å². The molecule has 1 fully saturated rings. The van der Waals surface area contributed by atoms with Gasteiger partial charge in [0.1, 0.15) is 14.8 Å². The molecule has 3 N–H and O–H groups in total. The van der Waals surface area contributed by atoms with Crippen LogP contribution < -0.4 is 16.0 Å². The maximum atomic E-state index is 12.4. The van der Waals surface area contributed by atoms with Crippen molar-refractivity contribution < 1.29 is 13.2 Å². The van der Waals surface area contributed by atoms with Crippen LogP contribution in [0.5, 0.6) is 0 Å². The van der Waals surface area contributed by atoms with Crippen LogP contribution in [0.3, 0.4) is 0 Å². The molecule has 0 spiro atoms. The fraction of sp³-hybridized carbons (Fsp3) is 0.615. The molecule has 21 heavy (non-hydrogen) atoms. The number of hydrogen-bond acceptors (Lipinski definition) is 6. The fourth-order valence-corrected chi connectivity index (χ4v) is 5.18. The molecule has 8 heteroatoms. The van der Waals surface area contributed by atoms with Gasteiger partial charge in [0.05, 0.1) is 11.4 Å². The van der Waals surface area contributed by atoms with E-state index in [1.807, 2.05) is 11.8 Å². The molecule has 2 rings (SSSR count). The summed E-state index contributed by atoms with van der Waals surface area (Å²) < 4.78 is 24.7. The van der Waals surface area contributed by atoms with E-state index in [1.165, 1.54) is 11.3 Å². The number of carbonyl (C=O) groups excluding carboxylic acids is 1. The zero-order valence-electron chi connectivity index (χ0n) is 12.3. The van der Waals surface area contributed by atoms with Gasteiger partial charge in [0.15, 0.2) is 9.84 Å². The lowest BCUT2D eigenvalue weighted by molar-refractivity contribution is 0.0960. The maximum Gasteiger partial charge on any atom is 0.263 e. The lowest BCUT2D eigenvalue weighted by Gasteiger charge is -2.17. The Bertz CT molecular complexity index is 631. The summed E-state index contributed by atoms with van der Waals surface area (Å²) in [5.41, 5.74) is 6.10. The van der Waals surface area contributed by atoms with E-state index >= 15 is 0 Å². The molecule has 1 amide bonds. The maximum absolute atomic E-state index is 12.4. The van der Waals surface area contributed by atoms with Crippen molar-refractivity contribution >= 4 is 37.8 Å². The van der Waals surface area contributed by atoms with Gasteiger partial charge in [-0.3, -0.25) is 4.79 Å². The largest absolute Gasteiger partial charge is 0.396 e. The highest BCUT2D eigenvalue weighted by Crippen LogP contribution is 2.43. The normalized spacial score (nSPS) is 15.4. The molecule has 1 aromatic heterocycles. The molecule has 0 bridgehead atoms. The van der Waals surface area contributed by atoms with Crippen LogP contribution in [-0.2, 0) is 9.84 Å². The van der Waals surface area contributed by atoms with Crippen LogP contribution >= 0.6 is 11.3 Å². The third-order valence-corrected chi connectivity index (χ3v) is 6.70. The minimum atomic E-state index is -3.46. The van der Waals surface area contributed by atoms with Crippen molar-refractivity contribution in [2.75, 3.05) is 36.0 Å². The minimum Gasteiger partial charge on any atom is -0.396 e. The molecule has 1 saturated heterocycles. The summed E-state index contributed by atoms with van der Waals surface area (Å²) in [6.07, 6.45) is 2.06. The Kier molecular flexibility index (Phi) is 4.77. The van der Waals surface area contributed by atoms with E-state index in [0.29, 0.717) is 16.4 Å². The number of carbonyl (C=O) groups is 1. The van der Waals surface area contributed by atoms with E-state index in [9.17, 15) is 13.2 Å². The van der Waals surface area contributed by atoms with Crippen molar-refractivity contribution in [1.82, 2.24) is 5.32 Å². The standard InChI is InChI=1S/C13H21N3O3S2/c1-3-15-12(17)10-9(14)11(21(18,19)4-2)13(20-10)16-7-5-6-8-16/h3-8,14H2,1-2H3,(H,15,17). The zero-order chi connectivity index (χ0) is 15.6. The third-order valence-electron chi connectivity index (χ3n) is 3.51. The third kappa shape index (κ3) is 3.01. The van der Waals surface area contributed by atoms with Crippen LogP contribution in [0.1, 0.15) is 36.4 Å². The van der Waals surface area contributed by atoms with Crippen LogP contribution in [0.15, 0.2) is 4.90 Å². The van der Waals surface area contributed by atoms with Gasteiger partial charge in [-0.2, -0.15) is 0 Å². The van der Waals surface area contributed by atoms with E-state index < -0.39 is 9.84 Å². The van der Waals surface area contributed by atoms with E-state index in [2.05, 4.69) is 5.32 Å². The average Bonchev–Trinajstić information content (AvgIpc) is 3.06. The number of nitrogen functional groups attached to an aromatic ring is 1. The highest BCUT2D eigenvalue weighted by molar-refractivity contribution is 7.92. The topological polar surface area (TPSA) is 92.5 Å². The first-order valence-electron chi connectivity index (χ1n) is 7.10. The molecule has 0 aromatic carbocycles. The Morgan fingerprint density at radius 2 is 1.95 bits per heavy atom. The minimum absolute atomic E-state index is 0.0242. The fourth-order valence-electron chi connectivity index (χ4n) is 2.40. The van der Waals surface area contributed by atoms with Gasteiger partial charge in [-0.1, -0.05) is 6.92 Å². The van der Waals surface area contributed by atoms with Crippen LogP contribution in [0.25, 0.3) is 0 Å². The molecule has 0 saturated carbocycles. The molecular weight excluding hydrogens is 310 g/mol. The molecular formula is C13H21N3O3S2.